The lowest BCUT2D eigenvalue weighted by atomic mass is 9.96. The van der Waals surface area contributed by atoms with Crippen LogP contribution >= 0.6 is 0 Å². The Labute approximate surface area is 158 Å². The minimum absolute atomic E-state index is 0.0518. The van der Waals surface area contributed by atoms with Crippen LogP contribution in [0.1, 0.15) is 70.9 Å². The topological polar surface area (TPSA) is 98.2 Å². The Hall–Kier alpha value is -2.77. The highest BCUT2D eigenvalue weighted by Crippen LogP contribution is 2.19. The minimum Gasteiger partial charge on any atom is -0.339 e. The van der Waals surface area contributed by atoms with Gasteiger partial charge in [0.15, 0.2) is 11.5 Å². The molecule has 0 fully saturated rings. The van der Waals surface area contributed by atoms with E-state index in [4.69, 9.17) is 4.52 Å². The summed E-state index contributed by atoms with van der Waals surface area (Å²) in [6.45, 7) is 10.2. The number of anilines is 1. The summed E-state index contributed by atoms with van der Waals surface area (Å²) in [5.41, 5.74) is 1.35. The predicted molar refractivity (Wildman–Crippen MR) is 102 cm³/mol. The van der Waals surface area contributed by atoms with Crippen molar-refractivity contribution in [2.45, 2.75) is 65.2 Å². The molecular formula is C19H26N6O2. The molecule has 0 saturated heterocycles. The van der Waals surface area contributed by atoms with Crippen molar-refractivity contribution in [1.82, 2.24) is 24.7 Å². The van der Waals surface area contributed by atoms with E-state index in [1.807, 2.05) is 43.5 Å². The maximum Gasteiger partial charge on any atom is 0.226 e. The molecule has 3 rings (SSSR count). The molecule has 8 heteroatoms. The first-order valence-corrected chi connectivity index (χ1v) is 9.21. The van der Waals surface area contributed by atoms with Gasteiger partial charge < -0.3 is 9.84 Å². The van der Waals surface area contributed by atoms with Gasteiger partial charge in [0.1, 0.15) is 5.82 Å². The van der Waals surface area contributed by atoms with Crippen molar-refractivity contribution in [2.75, 3.05) is 5.32 Å². The predicted octanol–water partition coefficient (Wildman–Crippen LogP) is 3.49. The van der Waals surface area contributed by atoms with Gasteiger partial charge in [-0.1, -0.05) is 39.8 Å². The lowest BCUT2D eigenvalue weighted by molar-refractivity contribution is -0.116. The normalized spacial score (nSPS) is 12.1. The third kappa shape index (κ3) is 4.50. The number of aryl methyl sites for hydroxylation is 1. The van der Waals surface area contributed by atoms with E-state index in [-0.39, 0.29) is 17.2 Å². The molecule has 1 N–H and O–H groups in total. The second kappa shape index (κ2) is 7.46. The number of carbonyl (C=O) groups excluding carboxylic acids is 1. The van der Waals surface area contributed by atoms with Crippen molar-refractivity contribution in [1.29, 1.82) is 0 Å². The third-order valence-corrected chi connectivity index (χ3v) is 4.16. The van der Waals surface area contributed by atoms with Crippen LogP contribution in [-0.2, 0) is 16.6 Å². The molecule has 0 unspecified atom stereocenters. The molecule has 0 saturated carbocycles. The minimum atomic E-state index is -0.144. The number of pyridine rings is 1. The van der Waals surface area contributed by atoms with Crippen molar-refractivity contribution >= 4 is 17.2 Å². The van der Waals surface area contributed by atoms with Crippen LogP contribution in [0.15, 0.2) is 22.9 Å². The zero-order valence-electron chi connectivity index (χ0n) is 16.5. The quantitative estimate of drug-likeness (QED) is 0.713. The number of hydrogen-bond donors (Lipinski definition) is 1. The molecule has 3 heterocycles. The van der Waals surface area contributed by atoms with Crippen LogP contribution < -0.4 is 5.32 Å². The summed E-state index contributed by atoms with van der Waals surface area (Å²) in [7, 11) is 0. The molecule has 0 aliphatic carbocycles. The number of nitrogens with zero attached hydrogens (tertiary/aromatic N) is 5. The fraction of sp³-hybridized carbons (Fsp3) is 0.526. The zero-order chi connectivity index (χ0) is 19.6. The first kappa shape index (κ1) is 19.0. The Kier molecular flexibility index (Phi) is 5.25. The van der Waals surface area contributed by atoms with E-state index in [1.54, 1.807) is 0 Å². The van der Waals surface area contributed by atoms with Crippen molar-refractivity contribution in [3.05, 3.63) is 35.9 Å². The maximum absolute atomic E-state index is 12.2. The van der Waals surface area contributed by atoms with Gasteiger partial charge in [-0.25, -0.2) is 0 Å². The fourth-order valence-corrected chi connectivity index (χ4v) is 2.66. The summed E-state index contributed by atoms with van der Waals surface area (Å²) in [6.07, 6.45) is 3.46. The van der Waals surface area contributed by atoms with Gasteiger partial charge in [-0.3, -0.25) is 9.20 Å². The molecule has 3 aromatic rings. The number of nitrogens with one attached hydrogen (secondary N) is 1. The van der Waals surface area contributed by atoms with Gasteiger partial charge in [-0.2, -0.15) is 4.98 Å². The molecule has 144 valence electrons. The molecule has 0 bridgehead atoms. The lowest BCUT2D eigenvalue weighted by Crippen LogP contribution is -2.13. The van der Waals surface area contributed by atoms with Crippen molar-refractivity contribution in [3.63, 3.8) is 0 Å². The number of carbonyl (C=O) groups is 1. The average molecular weight is 370 g/mol. The number of fused-ring (bicyclic) bond motifs is 1. The van der Waals surface area contributed by atoms with Crippen LogP contribution in [0.2, 0.25) is 0 Å². The third-order valence-electron chi connectivity index (χ3n) is 4.16. The molecule has 0 atom stereocenters. The van der Waals surface area contributed by atoms with E-state index in [2.05, 4.69) is 39.5 Å². The van der Waals surface area contributed by atoms with E-state index in [1.165, 1.54) is 0 Å². The van der Waals surface area contributed by atoms with Crippen molar-refractivity contribution in [2.24, 2.45) is 0 Å². The molecule has 3 aromatic heterocycles. The molecule has 0 radical (unpaired) electrons. The highest BCUT2D eigenvalue weighted by Gasteiger charge is 2.20. The Bertz CT molecular complexity index is 935. The van der Waals surface area contributed by atoms with E-state index >= 15 is 0 Å². The van der Waals surface area contributed by atoms with E-state index in [0.29, 0.717) is 31.0 Å². The van der Waals surface area contributed by atoms with Gasteiger partial charge in [0.2, 0.25) is 11.8 Å². The highest BCUT2D eigenvalue weighted by molar-refractivity contribution is 5.90. The summed E-state index contributed by atoms with van der Waals surface area (Å²) in [5.74, 6) is 2.32. The molecular weight excluding hydrogens is 344 g/mol. The number of amides is 1. The fourth-order valence-electron chi connectivity index (χ4n) is 2.66. The van der Waals surface area contributed by atoms with Crippen LogP contribution in [0.25, 0.3) is 5.65 Å². The van der Waals surface area contributed by atoms with Gasteiger partial charge >= 0.3 is 0 Å². The maximum atomic E-state index is 12.2. The van der Waals surface area contributed by atoms with Gasteiger partial charge in [-0.15, -0.1) is 10.2 Å². The highest BCUT2D eigenvalue weighted by atomic mass is 16.5. The Balaban J connectivity index is 1.55. The zero-order valence-corrected chi connectivity index (χ0v) is 16.5. The largest absolute Gasteiger partial charge is 0.339 e. The van der Waals surface area contributed by atoms with Crippen LogP contribution in [-0.4, -0.2) is 30.6 Å². The second-order valence-electron chi connectivity index (χ2n) is 8.02. The first-order valence-electron chi connectivity index (χ1n) is 9.21. The summed E-state index contributed by atoms with van der Waals surface area (Å²) in [5, 5.41) is 15.3. The van der Waals surface area contributed by atoms with Crippen LogP contribution in [0, 0.1) is 0 Å². The summed E-state index contributed by atoms with van der Waals surface area (Å²) in [6, 6.07) is 3.68. The summed E-state index contributed by atoms with van der Waals surface area (Å²) >= 11 is 0. The Morgan fingerprint density at radius 2 is 2.04 bits per heavy atom. The smallest absolute Gasteiger partial charge is 0.226 e. The molecule has 0 aliphatic heterocycles. The monoisotopic (exact) mass is 370 g/mol. The number of aromatic nitrogens is 5. The standard InChI is InChI=1S/C19H26N6O2/c1-12(2)17-23-22-14-10-9-13(11-25(14)17)20-15(26)7-6-8-16-21-18(24-27-16)19(3,4)5/h9-12H,6-8H2,1-5H3,(H,20,26). The van der Waals surface area contributed by atoms with Crippen molar-refractivity contribution in [3.8, 4) is 0 Å². The van der Waals surface area contributed by atoms with E-state index < -0.39 is 0 Å². The van der Waals surface area contributed by atoms with Gasteiger partial charge in [-0.05, 0) is 18.6 Å². The van der Waals surface area contributed by atoms with Crippen molar-refractivity contribution < 1.29 is 9.32 Å². The molecule has 1 amide bonds. The van der Waals surface area contributed by atoms with Crippen LogP contribution in [0.3, 0.4) is 0 Å². The van der Waals surface area contributed by atoms with Gasteiger partial charge in [0.05, 0.1) is 5.69 Å². The first-order chi connectivity index (χ1) is 12.7. The van der Waals surface area contributed by atoms with Crippen LogP contribution in [0.5, 0.6) is 0 Å². The lowest BCUT2D eigenvalue weighted by Gasteiger charge is -2.10. The second-order valence-corrected chi connectivity index (χ2v) is 8.02. The Morgan fingerprint density at radius 1 is 1.26 bits per heavy atom. The SMILES string of the molecule is CC(C)c1nnc2ccc(NC(=O)CCCc3nc(C(C)(C)C)no3)cn12. The van der Waals surface area contributed by atoms with E-state index in [9.17, 15) is 4.79 Å². The summed E-state index contributed by atoms with van der Waals surface area (Å²) in [4.78, 5) is 16.6. The van der Waals surface area contributed by atoms with E-state index in [0.717, 1.165) is 17.2 Å². The molecule has 27 heavy (non-hydrogen) atoms. The number of hydrogen-bond acceptors (Lipinski definition) is 6. The summed E-state index contributed by atoms with van der Waals surface area (Å²) < 4.78 is 7.17. The van der Waals surface area contributed by atoms with Gasteiger partial charge in [0.25, 0.3) is 0 Å². The number of rotatable bonds is 6. The Morgan fingerprint density at radius 3 is 2.70 bits per heavy atom. The average Bonchev–Trinajstić information content (AvgIpc) is 3.20. The van der Waals surface area contributed by atoms with Crippen LogP contribution in [0.4, 0.5) is 5.69 Å². The molecule has 0 aromatic carbocycles. The van der Waals surface area contributed by atoms with Gasteiger partial charge in [0, 0.05) is 30.4 Å². The molecule has 8 nitrogen and oxygen atoms in total. The molecule has 0 aliphatic rings. The molecule has 0 spiro atoms.